The fourth-order valence-corrected chi connectivity index (χ4v) is 3.42. The molecule has 2 aromatic rings. The molecule has 0 amide bonds. The van der Waals surface area contributed by atoms with Crippen molar-refractivity contribution in [3.05, 3.63) is 40.2 Å². The lowest BCUT2D eigenvalue weighted by Gasteiger charge is -2.37. The smallest absolute Gasteiger partial charge is 0.336 e. The highest BCUT2D eigenvalue weighted by molar-refractivity contribution is 5.81. The largest absolute Gasteiger partial charge is 0.508 e. The minimum Gasteiger partial charge on any atom is -0.508 e. The van der Waals surface area contributed by atoms with E-state index < -0.39 is 5.79 Å². The maximum Gasteiger partial charge on any atom is 0.336 e. The molecule has 6 nitrogen and oxygen atoms in total. The van der Waals surface area contributed by atoms with Gasteiger partial charge < -0.3 is 19.0 Å². The number of aromatic hydroxyl groups is 1. The summed E-state index contributed by atoms with van der Waals surface area (Å²) in [6, 6.07) is 6.30. The monoisotopic (exact) mass is 317 g/mol. The molecule has 0 radical (unpaired) electrons. The van der Waals surface area contributed by atoms with Crippen LogP contribution in [-0.2, 0) is 16.0 Å². The van der Waals surface area contributed by atoms with Crippen LogP contribution in [-0.4, -0.2) is 42.1 Å². The van der Waals surface area contributed by atoms with E-state index in [4.69, 9.17) is 13.9 Å². The number of phenols is 1. The Balaban J connectivity index is 1.56. The summed E-state index contributed by atoms with van der Waals surface area (Å²) >= 11 is 0. The molecule has 122 valence electrons. The van der Waals surface area contributed by atoms with E-state index in [1.54, 1.807) is 12.1 Å². The maximum absolute atomic E-state index is 11.7. The van der Waals surface area contributed by atoms with E-state index in [0.717, 1.165) is 36.9 Å². The van der Waals surface area contributed by atoms with Crippen LogP contribution in [0, 0.1) is 0 Å². The second-order valence-electron chi connectivity index (χ2n) is 6.15. The molecule has 23 heavy (non-hydrogen) atoms. The average molecular weight is 317 g/mol. The molecule has 0 atom stereocenters. The van der Waals surface area contributed by atoms with Crippen LogP contribution in [0.15, 0.2) is 33.5 Å². The molecular weight excluding hydrogens is 298 g/mol. The summed E-state index contributed by atoms with van der Waals surface area (Å²) in [5.74, 6) is -0.232. The van der Waals surface area contributed by atoms with E-state index in [2.05, 4.69) is 4.90 Å². The Kier molecular flexibility index (Phi) is 3.60. The third-order valence-electron chi connectivity index (χ3n) is 4.64. The molecule has 1 aromatic heterocycles. The molecule has 0 saturated carbocycles. The zero-order valence-corrected chi connectivity index (χ0v) is 12.8. The SMILES string of the molecule is O=c1cc(CN2CCC3(CC2)OCCO3)c2cc(O)ccc2o1. The van der Waals surface area contributed by atoms with Gasteiger partial charge in [0.15, 0.2) is 5.79 Å². The van der Waals surface area contributed by atoms with Crippen LogP contribution in [0.4, 0.5) is 0 Å². The number of piperidine rings is 1. The van der Waals surface area contributed by atoms with Crippen LogP contribution in [0.5, 0.6) is 5.75 Å². The Morgan fingerprint density at radius 1 is 1.13 bits per heavy atom. The summed E-state index contributed by atoms with van der Waals surface area (Å²) < 4.78 is 16.7. The Bertz CT molecular complexity index is 768. The molecule has 2 aliphatic rings. The average Bonchev–Trinajstić information content (AvgIpc) is 2.99. The van der Waals surface area contributed by atoms with Gasteiger partial charge in [-0.25, -0.2) is 4.79 Å². The van der Waals surface area contributed by atoms with Gasteiger partial charge in [-0.1, -0.05) is 0 Å². The van der Waals surface area contributed by atoms with Gasteiger partial charge in [0.05, 0.1) is 13.2 Å². The van der Waals surface area contributed by atoms with Gasteiger partial charge in [0.2, 0.25) is 0 Å². The first-order valence-electron chi connectivity index (χ1n) is 7.90. The molecule has 0 bridgehead atoms. The fraction of sp³-hybridized carbons (Fsp3) is 0.471. The van der Waals surface area contributed by atoms with E-state index in [9.17, 15) is 9.90 Å². The van der Waals surface area contributed by atoms with E-state index in [-0.39, 0.29) is 11.4 Å². The molecule has 6 heteroatoms. The zero-order valence-electron chi connectivity index (χ0n) is 12.8. The Morgan fingerprint density at radius 2 is 1.87 bits per heavy atom. The first-order chi connectivity index (χ1) is 11.1. The van der Waals surface area contributed by atoms with Crippen molar-refractivity contribution in [1.82, 2.24) is 4.90 Å². The van der Waals surface area contributed by atoms with Gasteiger partial charge in [-0.2, -0.15) is 0 Å². The Hall–Kier alpha value is -1.89. The molecular formula is C17H19NO5. The summed E-state index contributed by atoms with van der Waals surface area (Å²) in [4.78, 5) is 14.0. The third kappa shape index (κ3) is 2.85. The standard InChI is InChI=1S/C17H19NO5/c19-13-1-2-15-14(10-13)12(9-16(20)23-15)11-18-5-3-17(4-6-18)21-7-8-22-17/h1-2,9-10,19H,3-8,11H2. The van der Waals surface area contributed by atoms with Crippen LogP contribution in [0.25, 0.3) is 11.0 Å². The van der Waals surface area contributed by atoms with Gasteiger partial charge in [-0.15, -0.1) is 0 Å². The van der Waals surface area contributed by atoms with Gasteiger partial charge >= 0.3 is 5.63 Å². The highest BCUT2D eigenvalue weighted by Gasteiger charge is 2.39. The van der Waals surface area contributed by atoms with E-state index in [1.807, 2.05) is 0 Å². The quantitative estimate of drug-likeness (QED) is 0.852. The van der Waals surface area contributed by atoms with Crippen LogP contribution < -0.4 is 5.63 Å². The van der Waals surface area contributed by atoms with Crippen molar-refractivity contribution in [3.63, 3.8) is 0 Å². The predicted octanol–water partition coefficient (Wildman–Crippen LogP) is 1.84. The van der Waals surface area contributed by atoms with Gasteiger partial charge in [-0.3, -0.25) is 4.90 Å². The topological polar surface area (TPSA) is 72.1 Å². The molecule has 2 aliphatic heterocycles. The van der Waals surface area contributed by atoms with Crippen molar-refractivity contribution in [2.45, 2.75) is 25.2 Å². The molecule has 2 fully saturated rings. The number of benzene rings is 1. The minimum atomic E-state index is -0.396. The van der Waals surface area contributed by atoms with Crippen molar-refractivity contribution in [3.8, 4) is 5.75 Å². The van der Waals surface area contributed by atoms with E-state index in [0.29, 0.717) is 25.3 Å². The maximum atomic E-state index is 11.7. The van der Waals surface area contributed by atoms with E-state index >= 15 is 0 Å². The summed E-state index contributed by atoms with van der Waals surface area (Å²) in [6.07, 6.45) is 1.66. The first kappa shape index (κ1) is 14.7. The molecule has 0 unspecified atom stereocenters. The molecule has 3 heterocycles. The Labute approximate surface area is 133 Å². The molecule has 1 aromatic carbocycles. The van der Waals surface area contributed by atoms with Crippen molar-refractivity contribution in [2.75, 3.05) is 26.3 Å². The predicted molar refractivity (Wildman–Crippen MR) is 83.3 cm³/mol. The zero-order chi connectivity index (χ0) is 15.9. The summed E-state index contributed by atoms with van der Waals surface area (Å²) in [7, 11) is 0. The van der Waals surface area contributed by atoms with Crippen LogP contribution >= 0.6 is 0 Å². The molecule has 2 saturated heterocycles. The lowest BCUT2D eigenvalue weighted by atomic mass is 10.0. The lowest BCUT2D eigenvalue weighted by molar-refractivity contribution is -0.185. The third-order valence-corrected chi connectivity index (χ3v) is 4.64. The highest BCUT2D eigenvalue weighted by atomic mass is 16.7. The first-order valence-corrected chi connectivity index (χ1v) is 7.90. The number of fused-ring (bicyclic) bond motifs is 1. The number of likely N-dealkylation sites (tertiary alicyclic amines) is 1. The molecule has 1 spiro atoms. The fourth-order valence-electron chi connectivity index (χ4n) is 3.42. The van der Waals surface area contributed by atoms with Gasteiger partial charge in [0.25, 0.3) is 0 Å². The number of hydrogen-bond acceptors (Lipinski definition) is 6. The number of phenolic OH excluding ortho intramolecular Hbond substituents is 1. The Morgan fingerprint density at radius 3 is 2.61 bits per heavy atom. The van der Waals surface area contributed by atoms with Gasteiger partial charge in [0, 0.05) is 43.9 Å². The normalized spacial score (nSPS) is 21.2. The molecule has 1 N–H and O–H groups in total. The second-order valence-corrected chi connectivity index (χ2v) is 6.15. The second kappa shape index (κ2) is 5.63. The summed E-state index contributed by atoms with van der Waals surface area (Å²) in [6.45, 7) is 3.68. The highest BCUT2D eigenvalue weighted by Crippen LogP contribution is 2.32. The number of ether oxygens (including phenoxy) is 2. The number of hydrogen-bond donors (Lipinski definition) is 1. The lowest BCUT2D eigenvalue weighted by Crippen LogP contribution is -2.44. The van der Waals surface area contributed by atoms with Crippen LogP contribution in [0.3, 0.4) is 0 Å². The number of rotatable bonds is 2. The summed E-state index contributed by atoms with van der Waals surface area (Å²) in [5.41, 5.74) is 1.01. The molecule has 0 aliphatic carbocycles. The number of nitrogens with zero attached hydrogens (tertiary/aromatic N) is 1. The van der Waals surface area contributed by atoms with Crippen molar-refractivity contribution >= 4 is 11.0 Å². The van der Waals surface area contributed by atoms with Gasteiger partial charge in [-0.05, 0) is 23.8 Å². The minimum absolute atomic E-state index is 0.165. The van der Waals surface area contributed by atoms with Crippen molar-refractivity contribution in [2.24, 2.45) is 0 Å². The van der Waals surface area contributed by atoms with Crippen molar-refractivity contribution < 1.29 is 19.0 Å². The van der Waals surface area contributed by atoms with Crippen molar-refractivity contribution in [1.29, 1.82) is 0 Å². The summed E-state index contributed by atoms with van der Waals surface area (Å²) in [5, 5.41) is 10.5. The van der Waals surface area contributed by atoms with Gasteiger partial charge in [0.1, 0.15) is 11.3 Å². The van der Waals surface area contributed by atoms with E-state index in [1.165, 1.54) is 12.1 Å². The van der Waals surface area contributed by atoms with Crippen LogP contribution in [0.1, 0.15) is 18.4 Å². The van der Waals surface area contributed by atoms with Crippen LogP contribution in [0.2, 0.25) is 0 Å². The molecule has 4 rings (SSSR count).